The van der Waals surface area contributed by atoms with Crippen LogP contribution in [0.25, 0.3) is 0 Å². The number of ether oxygens (including phenoxy) is 3. The summed E-state index contributed by atoms with van der Waals surface area (Å²) in [4.78, 5) is 0. The number of hydrogen-bond acceptors (Lipinski definition) is 3. The van der Waals surface area contributed by atoms with Crippen LogP contribution in [0.5, 0.6) is 5.75 Å². The van der Waals surface area contributed by atoms with E-state index in [1.165, 1.54) is 5.56 Å². The first-order chi connectivity index (χ1) is 8.31. The summed E-state index contributed by atoms with van der Waals surface area (Å²) in [6.45, 7) is 1.34. The Kier molecular flexibility index (Phi) is 2.81. The lowest BCUT2D eigenvalue weighted by Gasteiger charge is -2.26. The zero-order chi connectivity index (χ0) is 11.7. The number of benzene rings is 1. The van der Waals surface area contributed by atoms with Crippen LogP contribution in [0.3, 0.4) is 0 Å². The highest BCUT2D eigenvalue weighted by Gasteiger charge is 2.44. The van der Waals surface area contributed by atoms with E-state index in [9.17, 15) is 0 Å². The molecule has 1 aliphatic carbocycles. The molecule has 92 valence electrons. The van der Waals surface area contributed by atoms with Crippen molar-refractivity contribution >= 4 is 0 Å². The molecule has 1 heterocycles. The van der Waals surface area contributed by atoms with Gasteiger partial charge >= 0.3 is 0 Å². The van der Waals surface area contributed by atoms with Crippen molar-refractivity contribution < 1.29 is 14.2 Å². The molecule has 3 heteroatoms. The average molecular weight is 234 g/mol. The van der Waals surface area contributed by atoms with Crippen molar-refractivity contribution in [1.29, 1.82) is 0 Å². The predicted molar refractivity (Wildman–Crippen MR) is 64.4 cm³/mol. The number of hydrogen-bond donors (Lipinski definition) is 0. The molecular weight excluding hydrogens is 216 g/mol. The van der Waals surface area contributed by atoms with E-state index < -0.39 is 0 Å². The van der Waals surface area contributed by atoms with Crippen LogP contribution in [-0.4, -0.2) is 32.0 Å². The second-order valence-electron chi connectivity index (χ2n) is 4.94. The Hall–Kier alpha value is -1.06. The van der Waals surface area contributed by atoms with Crippen LogP contribution < -0.4 is 4.74 Å². The molecule has 1 aliphatic heterocycles. The van der Waals surface area contributed by atoms with Crippen molar-refractivity contribution in [3.05, 3.63) is 29.8 Å². The lowest BCUT2D eigenvalue weighted by atomic mass is 10.0. The highest BCUT2D eigenvalue weighted by Crippen LogP contribution is 2.39. The van der Waals surface area contributed by atoms with Gasteiger partial charge in [-0.25, -0.2) is 0 Å². The molecule has 0 spiro atoms. The third-order valence-electron chi connectivity index (χ3n) is 3.67. The Morgan fingerprint density at radius 2 is 2.18 bits per heavy atom. The van der Waals surface area contributed by atoms with Crippen LogP contribution in [0.15, 0.2) is 24.3 Å². The summed E-state index contributed by atoms with van der Waals surface area (Å²) in [5, 5.41) is 0. The molecule has 1 aromatic rings. The molecule has 3 nitrogen and oxygen atoms in total. The van der Waals surface area contributed by atoms with E-state index in [1.54, 1.807) is 7.11 Å². The second kappa shape index (κ2) is 4.31. The predicted octanol–water partition coefficient (Wildman–Crippen LogP) is 2.19. The fraction of sp³-hybridized carbons (Fsp3) is 0.571. The highest BCUT2D eigenvalue weighted by molar-refractivity contribution is 5.35. The van der Waals surface area contributed by atoms with E-state index >= 15 is 0 Å². The van der Waals surface area contributed by atoms with Crippen molar-refractivity contribution in [1.82, 2.24) is 0 Å². The monoisotopic (exact) mass is 234 g/mol. The molecule has 17 heavy (non-hydrogen) atoms. The Morgan fingerprint density at radius 1 is 1.35 bits per heavy atom. The van der Waals surface area contributed by atoms with Gasteiger partial charge in [-0.1, -0.05) is 18.2 Å². The first-order valence-corrected chi connectivity index (χ1v) is 6.19. The van der Waals surface area contributed by atoms with Gasteiger partial charge in [0.25, 0.3) is 0 Å². The van der Waals surface area contributed by atoms with E-state index in [4.69, 9.17) is 14.2 Å². The molecule has 1 fully saturated rings. The third-order valence-corrected chi connectivity index (χ3v) is 3.67. The summed E-state index contributed by atoms with van der Waals surface area (Å²) < 4.78 is 17.0. The molecule has 0 N–H and O–H groups in total. The fourth-order valence-corrected chi connectivity index (χ4v) is 2.22. The van der Waals surface area contributed by atoms with Gasteiger partial charge in [0, 0.05) is 13.5 Å². The van der Waals surface area contributed by atoms with E-state index in [1.807, 2.05) is 18.2 Å². The van der Waals surface area contributed by atoms with Gasteiger partial charge in [-0.3, -0.25) is 0 Å². The topological polar surface area (TPSA) is 27.7 Å². The van der Waals surface area contributed by atoms with E-state index in [-0.39, 0.29) is 11.7 Å². The Morgan fingerprint density at radius 3 is 2.94 bits per heavy atom. The maximum atomic E-state index is 5.91. The van der Waals surface area contributed by atoms with E-state index in [0.717, 1.165) is 25.0 Å². The largest absolute Gasteiger partial charge is 0.491 e. The molecule has 0 aromatic heterocycles. The summed E-state index contributed by atoms with van der Waals surface area (Å²) in [7, 11) is 1.77. The number of rotatable bonds is 4. The van der Waals surface area contributed by atoms with Crippen LogP contribution in [0.1, 0.15) is 18.4 Å². The Balaban J connectivity index is 1.57. The third kappa shape index (κ3) is 2.31. The van der Waals surface area contributed by atoms with Gasteiger partial charge in [-0.15, -0.1) is 0 Å². The molecule has 0 amide bonds. The molecule has 0 radical (unpaired) electrons. The van der Waals surface area contributed by atoms with Crippen molar-refractivity contribution in [2.24, 2.45) is 0 Å². The minimum absolute atomic E-state index is 0.0109. The minimum Gasteiger partial charge on any atom is -0.491 e. The SMILES string of the molecule is COC1(COC2COc3ccccc3C2)CC1. The van der Waals surface area contributed by atoms with Gasteiger partial charge in [-0.2, -0.15) is 0 Å². The van der Waals surface area contributed by atoms with Crippen LogP contribution in [-0.2, 0) is 15.9 Å². The Bertz CT molecular complexity index is 398. The molecule has 0 saturated heterocycles. The van der Waals surface area contributed by atoms with Crippen molar-refractivity contribution in [2.75, 3.05) is 20.3 Å². The van der Waals surface area contributed by atoms with Gasteiger partial charge in [0.15, 0.2) is 0 Å². The van der Waals surface area contributed by atoms with Crippen LogP contribution in [0.2, 0.25) is 0 Å². The molecule has 1 unspecified atom stereocenters. The van der Waals surface area contributed by atoms with Crippen LogP contribution in [0, 0.1) is 0 Å². The normalized spacial score (nSPS) is 24.9. The summed E-state index contributed by atoms with van der Waals surface area (Å²) in [6.07, 6.45) is 3.34. The van der Waals surface area contributed by atoms with Gasteiger partial charge in [-0.05, 0) is 24.5 Å². The van der Waals surface area contributed by atoms with Gasteiger partial charge < -0.3 is 14.2 Å². The Labute approximate surface area is 102 Å². The average Bonchev–Trinajstić information content (AvgIpc) is 3.17. The maximum absolute atomic E-state index is 5.91. The molecule has 1 saturated carbocycles. The second-order valence-corrected chi connectivity index (χ2v) is 4.94. The fourth-order valence-electron chi connectivity index (χ4n) is 2.22. The first-order valence-electron chi connectivity index (χ1n) is 6.19. The smallest absolute Gasteiger partial charge is 0.122 e. The number of fused-ring (bicyclic) bond motifs is 1. The summed E-state index contributed by atoms with van der Waals surface area (Å²) >= 11 is 0. The standard InChI is InChI=1S/C14H18O3/c1-15-14(6-7-14)10-17-12-8-11-4-2-3-5-13(11)16-9-12/h2-5,12H,6-10H2,1H3. The molecular formula is C14H18O3. The van der Waals surface area contributed by atoms with Crippen molar-refractivity contribution in [3.8, 4) is 5.75 Å². The van der Waals surface area contributed by atoms with Gasteiger partial charge in [0.1, 0.15) is 12.4 Å². The van der Waals surface area contributed by atoms with Crippen LogP contribution >= 0.6 is 0 Å². The molecule has 1 atom stereocenters. The van der Waals surface area contributed by atoms with Gasteiger partial charge in [0.2, 0.25) is 0 Å². The zero-order valence-electron chi connectivity index (χ0n) is 10.1. The summed E-state index contributed by atoms with van der Waals surface area (Å²) in [5.41, 5.74) is 1.25. The quantitative estimate of drug-likeness (QED) is 0.799. The molecule has 0 bridgehead atoms. The molecule has 1 aromatic carbocycles. The molecule has 3 rings (SSSR count). The van der Waals surface area contributed by atoms with E-state index in [0.29, 0.717) is 13.2 Å². The minimum atomic E-state index is 0.0109. The number of methoxy groups -OCH3 is 1. The lowest BCUT2D eigenvalue weighted by molar-refractivity contribution is -0.0571. The van der Waals surface area contributed by atoms with Crippen molar-refractivity contribution in [3.63, 3.8) is 0 Å². The van der Waals surface area contributed by atoms with Crippen molar-refractivity contribution in [2.45, 2.75) is 31.0 Å². The highest BCUT2D eigenvalue weighted by atomic mass is 16.6. The maximum Gasteiger partial charge on any atom is 0.122 e. The lowest BCUT2D eigenvalue weighted by Crippen LogP contribution is -2.32. The molecule has 2 aliphatic rings. The number of para-hydroxylation sites is 1. The van der Waals surface area contributed by atoms with Gasteiger partial charge in [0.05, 0.1) is 18.3 Å². The summed E-state index contributed by atoms with van der Waals surface area (Å²) in [6, 6.07) is 8.17. The van der Waals surface area contributed by atoms with Crippen LogP contribution in [0.4, 0.5) is 0 Å². The summed E-state index contributed by atoms with van der Waals surface area (Å²) in [5.74, 6) is 1.00. The first kappa shape index (κ1) is 11.1. The zero-order valence-corrected chi connectivity index (χ0v) is 10.1. The van der Waals surface area contributed by atoms with E-state index in [2.05, 4.69) is 6.07 Å².